The van der Waals surface area contributed by atoms with Gasteiger partial charge in [-0.15, -0.1) is 0 Å². The van der Waals surface area contributed by atoms with Gasteiger partial charge in [0, 0.05) is 38.7 Å². The first-order chi connectivity index (χ1) is 11.3. The summed E-state index contributed by atoms with van der Waals surface area (Å²) in [5.41, 5.74) is 3.71. The van der Waals surface area contributed by atoms with Crippen molar-refractivity contribution < 1.29 is 14.3 Å². The minimum atomic E-state index is 0.0505. The maximum absolute atomic E-state index is 12.5. The molecule has 3 heterocycles. The Morgan fingerprint density at radius 3 is 3.04 bits per heavy atom. The minimum Gasteiger partial charge on any atom is -0.381 e. The van der Waals surface area contributed by atoms with Crippen LogP contribution >= 0.6 is 0 Å². The number of rotatable bonds is 5. The van der Waals surface area contributed by atoms with Gasteiger partial charge in [0.25, 0.3) is 0 Å². The predicted molar refractivity (Wildman–Crippen MR) is 84.7 cm³/mol. The van der Waals surface area contributed by atoms with Crippen LogP contribution in [0.5, 0.6) is 0 Å². The summed E-state index contributed by atoms with van der Waals surface area (Å²) >= 11 is 0. The molecule has 1 atom stereocenters. The maximum atomic E-state index is 12.5. The van der Waals surface area contributed by atoms with E-state index in [0.29, 0.717) is 26.4 Å². The van der Waals surface area contributed by atoms with E-state index >= 15 is 0 Å². The number of pyridine rings is 1. The Balaban J connectivity index is 1.41. The van der Waals surface area contributed by atoms with Crippen molar-refractivity contribution in [2.45, 2.75) is 38.8 Å². The van der Waals surface area contributed by atoms with Crippen molar-refractivity contribution in [3.8, 4) is 0 Å². The quantitative estimate of drug-likeness (QED) is 0.833. The summed E-state index contributed by atoms with van der Waals surface area (Å²) in [4.78, 5) is 18.9. The van der Waals surface area contributed by atoms with E-state index in [4.69, 9.17) is 9.47 Å². The lowest BCUT2D eigenvalue weighted by atomic mass is 9.96. The van der Waals surface area contributed by atoms with Gasteiger partial charge in [0.2, 0.25) is 5.91 Å². The van der Waals surface area contributed by atoms with E-state index in [9.17, 15) is 4.79 Å². The molecule has 0 aromatic carbocycles. The fourth-order valence-electron chi connectivity index (χ4n) is 3.49. The van der Waals surface area contributed by atoms with E-state index < -0.39 is 0 Å². The lowest BCUT2D eigenvalue weighted by Gasteiger charge is -2.31. The van der Waals surface area contributed by atoms with Crippen LogP contribution in [0.25, 0.3) is 0 Å². The normalized spacial score (nSPS) is 23.8. The fraction of sp³-hybridized carbons (Fsp3) is 0.667. The van der Waals surface area contributed by atoms with Crippen LogP contribution in [0, 0.1) is 11.8 Å². The van der Waals surface area contributed by atoms with Crippen molar-refractivity contribution in [2.24, 2.45) is 11.8 Å². The van der Waals surface area contributed by atoms with Crippen LogP contribution in [0.2, 0.25) is 0 Å². The molecule has 3 aliphatic rings. The SMILES string of the molecule is O=C(C1CCOC1)N1CCc2c(COCC3CC3)cncc2C1. The summed E-state index contributed by atoms with van der Waals surface area (Å²) in [7, 11) is 0. The number of carbonyl (C=O) groups excluding carboxylic acids is 1. The molecule has 23 heavy (non-hydrogen) atoms. The van der Waals surface area contributed by atoms with Crippen molar-refractivity contribution >= 4 is 5.91 Å². The Labute approximate surface area is 137 Å². The molecule has 2 aliphatic heterocycles. The van der Waals surface area contributed by atoms with Crippen LogP contribution in [0.15, 0.2) is 12.4 Å². The molecule has 5 nitrogen and oxygen atoms in total. The fourth-order valence-corrected chi connectivity index (χ4v) is 3.49. The van der Waals surface area contributed by atoms with E-state index in [2.05, 4.69) is 4.98 Å². The van der Waals surface area contributed by atoms with Gasteiger partial charge in [-0.1, -0.05) is 0 Å². The van der Waals surface area contributed by atoms with Gasteiger partial charge in [0.1, 0.15) is 0 Å². The minimum absolute atomic E-state index is 0.0505. The lowest BCUT2D eigenvalue weighted by Crippen LogP contribution is -2.40. The van der Waals surface area contributed by atoms with Crippen molar-refractivity contribution in [2.75, 3.05) is 26.4 Å². The van der Waals surface area contributed by atoms with Crippen molar-refractivity contribution in [3.05, 3.63) is 29.1 Å². The number of hydrogen-bond acceptors (Lipinski definition) is 4. The highest BCUT2D eigenvalue weighted by molar-refractivity contribution is 5.79. The number of carbonyl (C=O) groups is 1. The van der Waals surface area contributed by atoms with Crippen LogP contribution in [-0.4, -0.2) is 42.2 Å². The van der Waals surface area contributed by atoms with Crippen molar-refractivity contribution in [3.63, 3.8) is 0 Å². The molecule has 1 aliphatic carbocycles. The highest BCUT2D eigenvalue weighted by atomic mass is 16.5. The number of hydrogen-bond donors (Lipinski definition) is 0. The zero-order valence-electron chi connectivity index (χ0n) is 13.5. The summed E-state index contributed by atoms with van der Waals surface area (Å²) in [6.45, 7) is 4.28. The molecule has 1 unspecified atom stereocenters. The number of nitrogens with zero attached hydrogens (tertiary/aromatic N) is 2. The van der Waals surface area contributed by atoms with E-state index in [-0.39, 0.29) is 11.8 Å². The Morgan fingerprint density at radius 2 is 2.26 bits per heavy atom. The monoisotopic (exact) mass is 316 g/mol. The molecular formula is C18H24N2O3. The molecule has 124 valence electrons. The molecule has 1 saturated heterocycles. The third-order valence-corrected chi connectivity index (χ3v) is 5.13. The summed E-state index contributed by atoms with van der Waals surface area (Å²) in [6.07, 6.45) is 8.22. The first-order valence-electron chi connectivity index (χ1n) is 8.70. The van der Waals surface area contributed by atoms with Gasteiger partial charge in [0.05, 0.1) is 19.1 Å². The van der Waals surface area contributed by atoms with Gasteiger partial charge in [-0.05, 0) is 48.3 Å². The van der Waals surface area contributed by atoms with Gasteiger partial charge in [-0.2, -0.15) is 0 Å². The molecule has 0 spiro atoms. The number of fused-ring (bicyclic) bond motifs is 1. The molecule has 0 radical (unpaired) electrons. The molecule has 5 heteroatoms. The van der Waals surface area contributed by atoms with E-state index in [0.717, 1.165) is 31.9 Å². The van der Waals surface area contributed by atoms with E-state index in [1.807, 2.05) is 17.3 Å². The first kappa shape index (κ1) is 15.1. The molecule has 0 bridgehead atoms. The van der Waals surface area contributed by atoms with Crippen LogP contribution in [-0.2, 0) is 33.8 Å². The summed E-state index contributed by atoms with van der Waals surface area (Å²) < 4.78 is 11.2. The summed E-state index contributed by atoms with van der Waals surface area (Å²) in [5.74, 6) is 1.07. The zero-order valence-corrected chi connectivity index (χ0v) is 13.5. The Morgan fingerprint density at radius 1 is 1.35 bits per heavy atom. The van der Waals surface area contributed by atoms with Crippen LogP contribution < -0.4 is 0 Å². The topological polar surface area (TPSA) is 51.7 Å². The number of aromatic nitrogens is 1. The van der Waals surface area contributed by atoms with Gasteiger partial charge in [-0.25, -0.2) is 0 Å². The molecule has 0 N–H and O–H groups in total. The summed E-state index contributed by atoms with van der Waals surface area (Å²) in [5, 5.41) is 0. The molecule has 4 rings (SSSR count). The Kier molecular flexibility index (Phi) is 4.31. The number of ether oxygens (including phenoxy) is 2. The van der Waals surface area contributed by atoms with Crippen molar-refractivity contribution in [1.82, 2.24) is 9.88 Å². The predicted octanol–water partition coefficient (Wildman–Crippen LogP) is 1.93. The third-order valence-electron chi connectivity index (χ3n) is 5.13. The van der Waals surface area contributed by atoms with Gasteiger partial charge < -0.3 is 14.4 Å². The average molecular weight is 316 g/mol. The van der Waals surface area contributed by atoms with Crippen LogP contribution in [0.1, 0.15) is 36.0 Å². The number of amides is 1. The van der Waals surface area contributed by atoms with Crippen molar-refractivity contribution in [1.29, 1.82) is 0 Å². The standard InChI is InChI=1S/C18H24N2O3/c21-18(14-4-6-22-11-14)20-5-3-17-15(9-20)7-19-8-16(17)12-23-10-13-1-2-13/h7-8,13-14H,1-6,9-12H2. The zero-order chi connectivity index (χ0) is 15.6. The maximum Gasteiger partial charge on any atom is 0.228 e. The highest BCUT2D eigenvalue weighted by Gasteiger charge is 2.30. The second-order valence-electron chi connectivity index (χ2n) is 6.97. The third kappa shape index (κ3) is 3.40. The highest BCUT2D eigenvalue weighted by Crippen LogP contribution is 2.30. The largest absolute Gasteiger partial charge is 0.381 e. The molecule has 2 fully saturated rings. The molecule has 1 aromatic heterocycles. The van der Waals surface area contributed by atoms with Crippen LogP contribution in [0.4, 0.5) is 0 Å². The first-order valence-corrected chi connectivity index (χ1v) is 8.70. The Bertz CT molecular complexity index is 580. The van der Waals surface area contributed by atoms with Crippen LogP contribution in [0.3, 0.4) is 0 Å². The molecule has 1 amide bonds. The molecular weight excluding hydrogens is 292 g/mol. The van der Waals surface area contributed by atoms with Gasteiger partial charge >= 0.3 is 0 Å². The lowest BCUT2D eigenvalue weighted by molar-refractivity contribution is -0.136. The smallest absolute Gasteiger partial charge is 0.228 e. The average Bonchev–Trinajstić information content (AvgIpc) is 3.24. The second-order valence-corrected chi connectivity index (χ2v) is 6.97. The van der Waals surface area contributed by atoms with Gasteiger partial charge in [0.15, 0.2) is 0 Å². The van der Waals surface area contributed by atoms with E-state index in [1.54, 1.807) is 0 Å². The van der Waals surface area contributed by atoms with E-state index in [1.165, 1.54) is 29.5 Å². The second kappa shape index (κ2) is 6.57. The molecule has 1 saturated carbocycles. The summed E-state index contributed by atoms with van der Waals surface area (Å²) in [6, 6.07) is 0. The Hall–Kier alpha value is -1.46. The molecule has 1 aromatic rings. The van der Waals surface area contributed by atoms with Gasteiger partial charge in [-0.3, -0.25) is 9.78 Å².